The van der Waals surface area contributed by atoms with Crippen molar-refractivity contribution in [1.29, 1.82) is 0 Å². The smallest absolute Gasteiger partial charge is 0.166 e. The van der Waals surface area contributed by atoms with Gasteiger partial charge in [0.1, 0.15) is 0 Å². The van der Waals surface area contributed by atoms with Gasteiger partial charge in [-0.2, -0.15) is 0 Å². The monoisotopic (exact) mass is 544 g/mol. The maximum absolute atomic E-state index is 13.5. The third kappa shape index (κ3) is 9.34. The molecule has 2 unspecified atom stereocenters. The SMILES string of the molecule is C=C(C(=O)C(/C=C(\C)SC(C)(CC)Sc1cc(C(C)(C)C)c(C)c(C(C)(C)C)c1)C(C)(C)C)C(C)(C)C. The topological polar surface area (TPSA) is 17.1 Å². The van der Waals surface area contributed by atoms with Crippen molar-refractivity contribution in [3.63, 3.8) is 0 Å². The highest BCUT2D eigenvalue weighted by Gasteiger charge is 2.35. The molecule has 0 aromatic heterocycles. The van der Waals surface area contributed by atoms with Crippen LogP contribution >= 0.6 is 23.5 Å². The summed E-state index contributed by atoms with van der Waals surface area (Å²) in [6.07, 6.45) is 3.22. The average molecular weight is 545 g/mol. The number of carbonyl (C=O) groups is 1. The molecule has 0 aliphatic carbocycles. The van der Waals surface area contributed by atoms with Gasteiger partial charge < -0.3 is 0 Å². The van der Waals surface area contributed by atoms with E-state index in [0.29, 0.717) is 5.57 Å². The number of Topliss-reactive ketones (excluding diaryl/α,β-unsaturated/α-hetero) is 1. The Morgan fingerprint density at radius 3 is 1.65 bits per heavy atom. The van der Waals surface area contributed by atoms with E-state index in [1.807, 2.05) is 23.5 Å². The second-order valence-corrected chi connectivity index (χ2v) is 18.6. The van der Waals surface area contributed by atoms with Crippen molar-refractivity contribution in [3.05, 3.63) is 52.0 Å². The molecule has 0 saturated carbocycles. The van der Waals surface area contributed by atoms with Crippen LogP contribution in [0, 0.1) is 23.7 Å². The molecule has 1 aromatic rings. The van der Waals surface area contributed by atoms with E-state index in [9.17, 15) is 4.79 Å². The molecule has 37 heavy (non-hydrogen) atoms. The second-order valence-electron chi connectivity index (χ2n) is 15.0. The molecular weight excluding hydrogens is 489 g/mol. The van der Waals surface area contributed by atoms with Gasteiger partial charge in [-0.25, -0.2) is 0 Å². The van der Waals surface area contributed by atoms with Crippen LogP contribution in [0.15, 0.2) is 40.2 Å². The zero-order chi connectivity index (χ0) is 29.4. The average Bonchev–Trinajstić information content (AvgIpc) is 2.68. The lowest BCUT2D eigenvalue weighted by Gasteiger charge is -2.34. The maximum atomic E-state index is 13.5. The Kier molecular flexibility index (Phi) is 10.8. The van der Waals surface area contributed by atoms with E-state index in [0.717, 1.165) is 6.42 Å². The second kappa shape index (κ2) is 11.7. The summed E-state index contributed by atoms with van der Waals surface area (Å²) in [5.41, 5.74) is 4.74. The largest absolute Gasteiger partial charge is 0.294 e. The first-order chi connectivity index (χ1) is 16.3. The number of hydrogen-bond acceptors (Lipinski definition) is 3. The Morgan fingerprint density at radius 1 is 0.892 bits per heavy atom. The van der Waals surface area contributed by atoms with Crippen LogP contribution in [-0.4, -0.2) is 9.86 Å². The highest BCUT2D eigenvalue weighted by Crippen LogP contribution is 2.50. The van der Waals surface area contributed by atoms with Crippen LogP contribution < -0.4 is 0 Å². The summed E-state index contributed by atoms with van der Waals surface area (Å²) in [6.45, 7) is 39.8. The summed E-state index contributed by atoms with van der Waals surface area (Å²) in [6, 6.07) is 4.83. The molecule has 1 nitrogen and oxygen atoms in total. The summed E-state index contributed by atoms with van der Waals surface area (Å²) in [4.78, 5) is 16.1. The molecule has 1 rings (SSSR count). The molecule has 0 saturated heterocycles. The summed E-state index contributed by atoms with van der Waals surface area (Å²) in [5.74, 6) is -0.0360. The van der Waals surface area contributed by atoms with Gasteiger partial charge in [0.15, 0.2) is 5.78 Å². The minimum Gasteiger partial charge on any atom is -0.294 e. The zero-order valence-corrected chi connectivity index (χ0v) is 28.6. The number of benzene rings is 1. The zero-order valence-electron chi connectivity index (χ0n) is 26.9. The maximum Gasteiger partial charge on any atom is 0.166 e. The molecule has 0 bridgehead atoms. The first kappa shape index (κ1) is 34.1. The van der Waals surface area contributed by atoms with Crippen LogP contribution in [0.4, 0.5) is 0 Å². The molecule has 0 heterocycles. The third-order valence-corrected chi connectivity index (χ3v) is 10.0. The van der Waals surface area contributed by atoms with Crippen molar-refractivity contribution in [2.45, 2.75) is 137 Å². The molecule has 0 radical (unpaired) electrons. The molecule has 0 amide bonds. The van der Waals surface area contributed by atoms with Crippen LogP contribution in [0.25, 0.3) is 0 Å². The number of thioether (sulfide) groups is 2. The molecule has 3 heteroatoms. The van der Waals surface area contributed by atoms with Gasteiger partial charge in [-0.3, -0.25) is 4.79 Å². The minimum atomic E-state index is -0.232. The van der Waals surface area contributed by atoms with E-state index in [-0.39, 0.29) is 37.4 Å². The fourth-order valence-corrected chi connectivity index (χ4v) is 7.48. The first-order valence-corrected chi connectivity index (χ1v) is 15.4. The van der Waals surface area contributed by atoms with E-state index in [2.05, 4.69) is 136 Å². The highest BCUT2D eigenvalue weighted by atomic mass is 32.2. The lowest BCUT2D eigenvalue weighted by Crippen LogP contribution is -2.31. The van der Waals surface area contributed by atoms with E-state index >= 15 is 0 Å². The van der Waals surface area contributed by atoms with Gasteiger partial charge in [-0.05, 0) is 88.2 Å². The normalized spacial score (nSPS) is 16.4. The minimum absolute atomic E-state index is 0.0489. The van der Waals surface area contributed by atoms with Crippen LogP contribution in [0.3, 0.4) is 0 Å². The molecule has 1 aromatic carbocycles. The standard InChI is InChI=1S/C34H56OS2/c1-18-34(17,36-22(2)19-28(33(14,15)16)29(35)24(4)30(5,6)7)37-25-20-26(31(8,9)10)23(3)27(21-25)32(11,12)13/h19-21,28H,4,18H2,1-3,5-17H3/b22-19+. The van der Waals surface area contributed by atoms with Crippen molar-refractivity contribution in [2.75, 3.05) is 0 Å². The number of hydrogen-bond donors (Lipinski definition) is 0. The summed E-state index contributed by atoms with van der Waals surface area (Å²) in [5, 5.41) is 0. The predicted molar refractivity (Wildman–Crippen MR) is 171 cm³/mol. The number of ketones is 1. The molecule has 210 valence electrons. The van der Waals surface area contributed by atoms with Gasteiger partial charge in [-0.1, -0.05) is 103 Å². The van der Waals surface area contributed by atoms with Gasteiger partial charge in [0.25, 0.3) is 0 Å². The molecular formula is C34H56OS2. The van der Waals surface area contributed by atoms with Gasteiger partial charge >= 0.3 is 0 Å². The van der Waals surface area contributed by atoms with Crippen molar-refractivity contribution >= 4 is 29.3 Å². The lowest BCUT2D eigenvalue weighted by molar-refractivity contribution is -0.121. The van der Waals surface area contributed by atoms with Crippen LogP contribution in [0.2, 0.25) is 0 Å². The van der Waals surface area contributed by atoms with Crippen molar-refractivity contribution in [3.8, 4) is 0 Å². The number of rotatable bonds is 8. The van der Waals surface area contributed by atoms with Crippen LogP contribution in [0.5, 0.6) is 0 Å². The van der Waals surface area contributed by atoms with E-state index in [1.165, 1.54) is 26.5 Å². The Morgan fingerprint density at radius 2 is 1.32 bits per heavy atom. The molecule has 0 aliphatic heterocycles. The van der Waals surface area contributed by atoms with Gasteiger partial charge in [0.05, 0.1) is 4.08 Å². The molecule has 0 spiro atoms. The molecule has 0 fully saturated rings. The summed E-state index contributed by atoms with van der Waals surface area (Å²) in [7, 11) is 0. The Labute approximate surface area is 239 Å². The van der Waals surface area contributed by atoms with E-state index < -0.39 is 0 Å². The van der Waals surface area contributed by atoms with E-state index in [4.69, 9.17) is 0 Å². The highest BCUT2D eigenvalue weighted by molar-refractivity contribution is 8.20. The van der Waals surface area contributed by atoms with Crippen LogP contribution in [-0.2, 0) is 15.6 Å². The van der Waals surface area contributed by atoms with E-state index in [1.54, 1.807) is 0 Å². The number of allylic oxidation sites excluding steroid dienone is 3. The molecule has 2 atom stereocenters. The number of carbonyl (C=O) groups excluding carboxylic acids is 1. The van der Waals surface area contributed by atoms with Crippen molar-refractivity contribution in [1.82, 2.24) is 0 Å². The van der Waals surface area contributed by atoms with Crippen molar-refractivity contribution in [2.24, 2.45) is 16.7 Å². The Bertz CT molecular complexity index is 981. The molecule has 0 aliphatic rings. The van der Waals surface area contributed by atoms with Gasteiger partial charge in [0.2, 0.25) is 0 Å². The van der Waals surface area contributed by atoms with Gasteiger partial charge in [-0.15, -0.1) is 23.5 Å². The van der Waals surface area contributed by atoms with Crippen molar-refractivity contribution < 1.29 is 4.79 Å². The molecule has 0 N–H and O–H groups in total. The fourth-order valence-electron chi connectivity index (χ4n) is 4.60. The quantitative estimate of drug-likeness (QED) is 0.184. The Hall–Kier alpha value is -0.930. The fraction of sp³-hybridized carbons (Fsp3) is 0.676. The first-order valence-electron chi connectivity index (χ1n) is 13.8. The summed E-state index contributed by atoms with van der Waals surface area (Å²) < 4.78 is -0.0489. The summed E-state index contributed by atoms with van der Waals surface area (Å²) >= 11 is 3.86. The lowest BCUT2D eigenvalue weighted by atomic mass is 9.72. The third-order valence-electron chi connectivity index (χ3n) is 7.17. The predicted octanol–water partition coefficient (Wildman–Crippen LogP) is 11.3. The Balaban J connectivity index is 3.47. The van der Waals surface area contributed by atoms with Crippen LogP contribution in [0.1, 0.15) is 127 Å². The van der Waals surface area contributed by atoms with Gasteiger partial charge in [0, 0.05) is 10.8 Å².